The number of H-pyrrole nitrogens is 1. The topological polar surface area (TPSA) is 99.8 Å². The van der Waals surface area contributed by atoms with Crippen LogP contribution in [0.1, 0.15) is 35.5 Å². The molecule has 0 radical (unpaired) electrons. The Kier molecular flexibility index (Phi) is 6.61. The third-order valence-electron chi connectivity index (χ3n) is 5.22. The predicted octanol–water partition coefficient (Wildman–Crippen LogP) is 2.56. The van der Waals surface area contributed by atoms with E-state index in [0.717, 1.165) is 5.69 Å². The number of aromatic amines is 1. The first-order valence-corrected chi connectivity index (χ1v) is 9.90. The molecule has 2 amide bonds. The van der Waals surface area contributed by atoms with Crippen molar-refractivity contribution in [1.29, 1.82) is 0 Å². The van der Waals surface area contributed by atoms with Gasteiger partial charge in [0, 0.05) is 24.8 Å². The maximum atomic E-state index is 13.1. The van der Waals surface area contributed by atoms with Crippen LogP contribution in [0, 0.1) is 5.82 Å². The quantitative estimate of drug-likeness (QED) is 0.696. The first-order chi connectivity index (χ1) is 14.6. The number of rotatable bonds is 7. The Morgan fingerprint density at radius 1 is 1.32 bits per heavy atom. The molecule has 0 spiro atoms. The summed E-state index contributed by atoms with van der Waals surface area (Å²) in [5, 5.41) is 9.87. The highest BCUT2D eigenvalue weighted by Crippen LogP contribution is 2.41. The van der Waals surface area contributed by atoms with Crippen LogP contribution in [0.5, 0.6) is 0 Å². The summed E-state index contributed by atoms with van der Waals surface area (Å²) in [6.45, 7) is 4.78. The fourth-order valence-corrected chi connectivity index (χ4v) is 3.62. The molecule has 0 aliphatic carbocycles. The van der Waals surface area contributed by atoms with E-state index in [4.69, 9.17) is 9.47 Å². The SMILES string of the molecule is COCC(CN(C)C)OC(=O)N1Cc2c(NC(=O)c3ccc(F)cc3)n[nH]c2C1(C)C. The van der Waals surface area contributed by atoms with Gasteiger partial charge < -0.3 is 19.7 Å². The minimum atomic E-state index is -0.714. The summed E-state index contributed by atoms with van der Waals surface area (Å²) in [4.78, 5) is 29.0. The van der Waals surface area contributed by atoms with Gasteiger partial charge in [-0.15, -0.1) is 0 Å². The van der Waals surface area contributed by atoms with Crippen molar-refractivity contribution < 1.29 is 23.5 Å². The summed E-state index contributed by atoms with van der Waals surface area (Å²) < 4.78 is 24.0. The Bertz CT molecular complexity index is 942. The van der Waals surface area contributed by atoms with E-state index in [9.17, 15) is 14.0 Å². The van der Waals surface area contributed by atoms with Crippen molar-refractivity contribution in [2.24, 2.45) is 0 Å². The fraction of sp³-hybridized carbons (Fsp3) is 0.476. The number of carbonyl (C=O) groups excluding carboxylic acids is 2. The van der Waals surface area contributed by atoms with Crippen molar-refractivity contribution in [2.75, 3.05) is 39.7 Å². The van der Waals surface area contributed by atoms with Gasteiger partial charge in [0.15, 0.2) is 5.82 Å². The van der Waals surface area contributed by atoms with Crippen LogP contribution < -0.4 is 5.32 Å². The third kappa shape index (κ3) is 4.86. The molecule has 0 fully saturated rings. The number of aromatic nitrogens is 2. The average Bonchev–Trinajstić information content (AvgIpc) is 3.20. The predicted molar refractivity (Wildman–Crippen MR) is 112 cm³/mol. The van der Waals surface area contributed by atoms with Crippen molar-refractivity contribution in [3.63, 3.8) is 0 Å². The Hall–Kier alpha value is -2.98. The molecule has 0 saturated carbocycles. The minimum absolute atomic E-state index is 0.221. The Balaban J connectivity index is 1.75. The lowest BCUT2D eigenvalue weighted by atomic mass is 10.0. The van der Waals surface area contributed by atoms with E-state index in [0.29, 0.717) is 23.5 Å². The van der Waals surface area contributed by atoms with Crippen molar-refractivity contribution in [2.45, 2.75) is 32.0 Å². The highest BCUT2D eigenvalue weighted by molar-refractivity contribution is 6.04. The number of anilines is 1. The highest BCUT2D eigenvalue weighted by atomic mass is 19.1. The Morgan fingerprint density at radius 2 is 2.00 bits per heavy atom. The molecule has 1 aliphatic rings. The van der Waals surface area contributed by atoms with E-state index in [-0.39, 0.29) is 13.2 Å². The molecular formula is C21H28FN5O4. The summed E-state index contributed by atoms with van der Waals surface area (Å²) in [6.07, 6.45) is -0.896. The summed E-state index contributed by atoms with van der Waals surface area (Å²) in [7, 11) is 5.34. The molecule has 168 valence electrons. The minimum Gasteiger partial charge on any atom is -0.442 e. The van der Waals surface area contributed by atoms with Gasteiger partial charge in [-0.3, -0.25) is 14.8 Å². The smallest absolute Gasteiger partial charge is 0.411 e. The standard InChI is InChI=1S/C21H28FN5O4/c1-21(2)17-16(11-27(21)20(29)31-15(12-30-5)10-26(3)4)18(25-24-17)23-19(28)13-6-8-14(22)9-7-13/h6-9,15H,10-12H2,1-5H3,(H2,23,24,25,28). The molecule has 0 saturated heterocycles. The number of hydrogen-bond acceptors (Lipinski definition) is 6. The molecule has 9 nitrogen and oxygen atoms in total. The zero-order valence-corrected chi connectivity index (χ0v) is 18.4. The zero-order valence-electron chi connectivity index (χ0n) is 18.4. The van der Waals surface area contributed by atoms with E-state index in [1.807, 2.05) is 32.8 Å². The summed E-state index contributed by atoms with van der Waals surface area (Å²) in [5.41, 5.74) is 1.01. The van der Waals surface area contributed by atoms with Gasteiger partial charge in [-0.25, -0.2) is 9.18 Å². The number of benzene rings is 1. The molecule has 10 heteroatoms. The third-order valence-corrected chi connectivity index (χ3v) is 5.22. The zero-order chi connectivity index (χ0) is 22.8. The Labute approximate surface area is 180 Å². The van der Waals surface area contributed by atoms with Crippen molar-refractivity contribution in [3.8, 4) is 0 Å². The van der Waals surface area contributed by atoms with Crippen LogP contribution >= 0.6 is 0 Å². The van der Waals surface area contributed by atoms with Crippen LogP contribution in [0.25, 0.3) is 0 Å². The molecule has 1 aliphatic heterocycles. The van der Waals surface area contributed by atoms with Gasteiger partial charge in [0.2, 0.25) is 0 Å². The van der Waals surface area contributed by atoms with Crippen LogP contribution in [0.3, 0.4) is 0 Å². The molecule has 2 heterocycles. The summed E-state index contributed by atoms with van der Waals surface area (Å²) >= 11 is 0. The van der Waals surface area contributed by atoms with Gasteiger partial charge in [0.05, 0.1) is 24.4 Å². The second-order valence-corrected chi connectivity index (χ2v) is 8.26. The number of amides is 2. The Morgan fingerprint density at radius 3 is 2.61 bits per heavy atom. The molecule has 0 bridgehead atoms. The van der Waals surface area contributed by atoms with Gasteiger partial charge >= 0.3 is 6.09 Å². The van der Waals surface area contributed by atoms with Gasteiger partial charge in [-0.2, -0.15) is 5.10 Å². The average molecular weight is 433 g/mol. The number of fused-ring (bicyclic) bond motifs is 1. The molecule has 2 N–H and O–H groups in total. The molecule has 3 rings (SSSR count). The number of nitrogens with one attached hydrogen (secondary N) is 2. The van der Waals surface area contributed by atoms with Crippen LogP contribution in [-0.4, -0.2) is 72.5 Å². The summed E-state index contributed by atoms with van der Waals surface area (Å²) in [6, 6.07) is 5.22. The first-order valence-electron chi connectivity index (χ1n) is 9.90. The van der Waals surface area contributed by atoms with Gasteiger partial charge in [0.25, 0.3) is 5.91 Å². The van der Waals surface area contributed by atoms with Gasteiger partial charge in [0.1, 0.15) is 11.9 Å². The van der Waals surface area contributed by atoms with Crippen LogP contribution in [-0.2, 0) is 21.6 Å². The van der Waals surface area contributed by atoms with Crippen molar-refractivity contribution in [3.05, 3.63) is 46.9 Å². The fourth-order valence-electron chi connectivity index (χ4n) is 3.62. The van der Waals surface area contributed by atoms with Crippen LogP contribution in [0.4, 0.5) is 15.0 Å². The normalized spacial score (nSPS) is 15.6. The van der Waals surface area contributed by atoms with Crippen molar-refractivity contribution in [1.82, 2.24) is 20.0 Å². The highest BCUT2D eigenvalue weighted by Gasteiger charge is 2.45. The summed E-state index contributed by atoms with van der Waals surface area (Å²) in [5.74, 6) is -0.511. The molecule has 1 atom stereocenters. The number of likely N-dealkylation sites (N-methyl/N-ethyl adjacent to an activating group) is 1. The monoisotopic (exact) mass is 433 g/mol. The van der Waals surface area contributed by atoms with E-state index in [2.05, 4.69) is 15.5 Å². The first kappa shape index (κ1) is 22.7. The molecule has 31 heavy (non-hydrogen) atoms. The molecule has 1 aromatic carbocycles. The van der Waals surface area contributed by atoms with Crippen LogP contribution in [0.2, 0.25) is 0 Å². The van der Waals surface area contributed by atoms with Gasteiger partial charge in [-0.1, -0.05) is 0 Å². The largest absolute Gasteiger partial charge is 0.442 e. The van der Waals surface area contributed by atoms with Gasteiger partial charge in [-0.05, 0) is 52.2 Å². The molecule has 2 aromatic rings. The number of ether oxygens (including phenoxy) is 2. The lowest BCUT2D eigenvalue weighted by Crippen LogP contribution is -2.44. The van der Waals surface area contributed by atoms with E-state index < -0.39 is 29.5 Å². The second-order valence-electron chi connectivity index (χ2n) is 8.26. The lowest BCUT2D eigenvalue weighted by Gasteiger charge is -2.32. The second kappa shape index (κ2) is 9.03. The van der Waals surface area contributed by atoms with E-state index in [1.54, 1.807) is 12.0 Å². The molecular weight excluding hydrogens is 405 g/mol. The van der Waals surface area contributed by atoms with E-state index in [1.165, 1.54) is 24.3 Å². The maximum Gasteiger partial charge on any atom is 0.411 e. The lowest BCUT2D eigenvalue weighted by molar-refractivity contribution is -0.00503. The molecule has 1 aromatic heterocycles. The number of nitrogens with zero attached hydrogens (tertiary/aromatic N) is 3. The van der Waals surface area contributed by atoms with Crippen molar-refractivity contribution >= 4 is 17.8 Å². The van der Waals surface area contributed by atoms with E-state index >= 15 is 0 Å². The molecule has 1 unspecified atom stereocenters. The number of hydrogen-bond donors (Lipinski definition) is 2. The maximum absolute atomic E-state index is 13.1. The number of halogens is 1. The van der Waals surface area contributed by atoms with Crippen LogP contribution in [0.15, 0.2) is 24.3 Å². The number of methoxy groups -OCH3 is 1. The number of carbonyl (C=O) groups is 2.